The largest absolute Gasteiger partial charge is 0.360 e. The molecule has 0 bridgehead atoms. The van der Waals surface area contributed by atoms with Gasteiger partial charge in [0.05, 0.1) is 0 Å². The lowest BCUT2D eigenvalue weighted by Crippen LogP contribution is -2.51. The molecule has 0 radical (unpaired) electrons. The van der Waals surface area contributed by atoms with Gasteiger partial charge in [0, 0.05) is 31.7 Å². The zero-order valence-corrected chi connectivity index (χ0v) is 15.7. The summed E-state index contributed by atoms with van der Waals surface area (Å²) in [7, 11) is 0. The van der Waals surface area contributed by atoms with Crippen LogP contribution in [0.2, 0.25) is 0 Å². The van der Waals surface area contributed by atoms with Crippen LogP contribution >= 0.6 is 12.2 Å². The van der Waals surface area contributed by atoms with Gasteiger partial charge in [-0.3, -0.25) is 4.90 Å². The highest BCUT2D eigenvalue weighted by molar-refractivity contribution is 7.80. The van der Waals surface area contributed by atoms with E-state index in [4.69, 9.17) is 12.2 Å². The van der Waals surface area contributed by atoms with Crippen molar-refractivity contribution in [1.29, 1.82) is 0 Å². The number of hydrogen-bond donors (Lipinski definition) is 2. The van der Waals surface area contributed by atoms with Gasteiger partial charge in [-0.1, -0.05) is 50.1 Å². The molecule has 2 aliphatic rings. The van der Waals surface area contributed by atoms with E-state index in [9.17, 15) is 0 Å². The van der Waals surface area contributed by atoms with Gasteiger partial charge in [-0.15, -0.1) is 0 Å². The van der Waals surface area contributed by atoms with Gasteiger partial charge >= 0.3 is 0 Å². The Hall–Kier alpha value is -1.13. The predicted molar refractivity (Wildman–Crippen MR) is 105 cm³/mol. The summed E-state index contributed by atoms with van der Waals surface area (Å²) in [4.78, 5) is 2.55. The first-order valence-corrected chi connectivity index (χ1v) is 9.95. The van der Waals surface area contributed by atoms with Crippen LogP contribution in [0.25, 0.3) is 0 Å². The van der Waals surface area contributed by atoms with Crippen LogP contribution in [0.3, 0.4) is 0 Å². The number of piperidine rings is 1. The molecule has 1 aliphatic carbocycles. The fraction of sp³-hybridized carbons (Fsp3) is 0.650. The maximum Gasteiger partial charge on any atom is 0.166 e. The summed E-state index contributed by atoms with van der Waals surface area (Å²) in [5.41, 5.74) is 1.41. The molecule has 2 fully saturated rings. The zero-order valence-electron chi connectivity index (χ0n) is 14.8. The molecule has 0 amide bonds. The van der Waals surface area contributed by atoms with E-state index < -0.39 is 0 Å². The lowest BCUT2D eigenvalue weighted by molar-refractivity contribution is 0.198. The van der Waals surface area contributed by atoms with E-state index in [1.165, 1.54) is 44.1 Å². The third-order valence-electron chi connectivity index (χ3n) is 5.60. The van der Waals surface area contributed by atoms with Crippen molar-refractivity contribution in [2.45, 2.75) is 64.1 Å². The summed E-state index contributed by atoms with van der Waals surface area (Å²) >= 11 is 5.57. The van der Waals surface area contributed by atoms with Crippen LogP contribution in [-0.4, -0.2) is 35.2 Å². The molecule has 132 valence electrons. The molecular weight excluding hydrogens is 314 g/mol. The molecule has 24 heavy (non-hydrogen) atoms. The quantitative estimate of drug-likeness (QED) is 0.814. The van der Waals surface area contributed by atoms with Crippen molar-refractivity contribution in [3.8, 4) is 0 Å². The first kappa shape index (κ1) is 17.7. The van der Waals surface area contributed by atoms with Crippen LogP contribution in [-0.2, 0) is 6.54 Å². The van der Waals surface area contributed by atoms with Crippen molar-refractivity contribution >= 4 is 17.3 Å². The van der Waals surface area contributed by atoms with Crippen LogP contribution < -0.4 is 10.6 Å². The molecule has 0 spiro atoms. The zero-order chi connectivity index (χ0) is 16.8. The number of hydrogen-bond acceptors (Lipinski definition) is 2. The first-order chi connectivity index (χ1) is 11.7. The van der Waals surface area contributed by atoms with Crippen molar-refractivity contribution < 1.29 is 0 Å². The second-order valence-electron chi connectivity index (χ2n) is 7.52. The fourth-order valence-corrected chi connectivity index (χ4v) is 4.32. The Morgan fingerprint density at radius 2 is 1.75 bits per heavy atom. The lowest BCUT2D eigenvalue weighted by atomic mass is 9.86. The van der Waals surface area contributed by atoms with Crippen molar-refractivity contribution in [3.63, 3.8) is 0 Å². The average molecular weight is 346 g/mol. The average Bonchev–Trinajstić information content (AvgIpc) is 2.60. The third kappa shape index (κ3) is 5.18. The SMILES string of the molecule is C[C@H]1CCCC[C@H]1NC(=S)NC1CCN(Cc2ccccc2)CC1. The number of nitrogens with zero attached hydrogens (tertiary/aromatic N) is 1. The number of likely N-dealkylation sites (tertiary alicyclic amines) is 1. The minimum atomic E-state index is 0.524. The molecule has 1 aromatic rings. The van der Waals surface area contributed by atoms with Gasteiger partial charge in [-0.25, -0.2) is 0 Å². The van der Waals surface area contributed by atoms with Gasteiger partial charge < -0.3 is 10.6 Å². The Balaban J connectivity index is 1.38. The highest BCUT2D eigenvalue weighted by Crippen LogP contribution is 2.23. The normalized spacial score (nSPS) is 26.0. The molecule has 0 aromatic heterocycles. The molecule has 1 aromatic carbocycles. The monoisotopic (exact) mass is 345 g/mol. The summed E-state index contributed by atoms with van der Waals surface area (Å²) in [6.45, 7) is 5.71. The van der Waals surface area contributed by atoms with Crippen molar-refractivity contribution in [2.75, 3.05) is 13.1 Å². The summed E-state index contributed by atoms with van der Waals surface area (Å²) in [5, 5.41) is 8.01. The summed E-state index contributed by atoms with van der Waals surface area (Å²) in [6, 6.07) is 11.9. The molecule has 2 atom stereocenters. The summed E-state index contributed by atoms with van der Waals surface area (Å²) in [5.74, 6) is 0.742. The first-order valence-electron chi connectivity index (χ1n) is 9.54. The van der Waals surface area contributed by atoms with Crippen LogP contribution in [0.1, 0.15) is 51.0 Å². The maximum absolute atomic E-state index is 5.57. The minimum Gasteiger partial charge on any atom is -0.360 e. The predicted octanol–water partition coefficient (Wildman–Crippen LogP) is 3.69. The smallest absolute Gasteiger partial charge is 0.166 e. The number of thiocarbonyl (C=S) groups is 1. The van der Waals surface area contributed by atoms with Gasteiger partial charge in [0.2, 0.25) is 0 Å². The van der Waals surface area contributed by atoms with Gasteiger partial charge in [0.15, 0.2) is 5.11 Å². The van der Waals surface area contributed by atoms with Crippen molar-refractivity contribution in [1.82, 2.24) is 15.5 Å². The number of nitrogens with one attached hydrogen (secondary N) is 2. The van der Waals surface area contributed by atoms with Gasteiger partial charge in [0.25, 0.3) is 0 Å². The fourth-order valence-electron chi connectivity index (χ4n) is 4.00. The Bertz CT molecular complexity index is 511. The van der Waals surface area contributed by atoms with E-state index in [0.29, 0.717) is 12.1 Å². The van der Waals surface area contributed by atoms with Crippen LogP contribution in [0.4, 0.5) is 0 Å². The number of benzene rings is 1. The second kappa shape index (κ2) is 8.82. The molecule has 1 aliphatic heterocycles. The Morgan fingerprint density at radius 3 is 2.46 bits per heavy atom. The highest BCUT2D eigenvalue weighted by Gasteiger charge is 2.24. The molecule has 1 heterocycles. The molecule has 2 N–H and O–H groups in total. The Kier molecular flexibility index (Phi) is 6.50. The third-order valence-corrected chi connectivity index (χ3v) is 5.84. The molecule has 3 rings (SSSR count). The van der Waals surface area contributed by atoms with Crippen LogP contribution in [0.15, 0.2) is 30.3 Å². The summed E-state index contributed by atoms with van der Waals surface area (Å²) in [6.07, 6.45) is 7.66. The van der Waals surface area contributed by atoms with E-state index in [-0.39, 0.29) is 0 Å². The van der Waals surface area contributed by atoms with Crippen LogP contribution in [0.5, 0.6) is 0 Å². The molecule has 1 saturated heterocycles. The van der Waals surface area contributed by atoms with E-state index in [2.05, 4.69) is 52.8 Å². The van der Waals surface area contributed by atoms with Gasteiger partial charge in [0.1, 0.15) is 0 Å². The van der Waals surface area contributed by atoms with E-state index in [1.807, 2.05) is 0 Å². The Morgan fingerprint density at radius 1 is 1.04 bits per heavy atom. The van der Waals surface area contributed by atoms with Gasteiger partial charge in [-0.2, -0.15) is 0 Å². The minimum absolute atomic E-state index is 0.524. The van der Waals surface area contributed by atoms with Crippen LogP contribution in [0, 0.1) is 5.92 Å². The standard InChI is InChI=1S/C20H31N3S/c1-16-7-5-6-10-19(16)22-20(24)21-18-11-13-23(14-12-18)15-17-8-3-2-4-9-17/h2-4,8-9,16,18-19H,5-7,10-15H2,1H3,(H2,21,22,24)/t16-,19+/m0/s1. The Labute approximate surface area is 152 Å². The van der Waals surface area contributed by atoms with E-state index in [1.54, 1.807) is 0 Å². The van der Waals surface area contributed by atoms with Crippen molar-refractivity contribution in [2.24, 2.45) is 5.92 Å². The molecule has 0 unspecified atom stereocenters. The van der Waals surface area contributed by atoms with E-state index in [0.717, 1.165) is 30.7 Å². The van der Waals surface area contributed by atoms with Crippen molar-refractivity contribution in [3.05, 3.63) is 35.9 Å². The highest BCUT2D eigenvalue weighted by atomic mass is 32.1. The molecular formula is C20H31N3S. The maximum atomic E-state index is 5.57. The molecule has 3 nitrogen and oxygen atoms in total. The summed E-state index contributed by atoms with van der Waals surface area (Å²) < 4.78 is 0. The molecule has 4 heteroatoms. The topological polar surface area (TPSA) is 27.3 Å². The number of rotatable bonds is 4. The van der Waals surface area contributed by atoms with E-state index >= 15 is 0 Å². The molecule has 1 saturated carbocycles. The lowest BCUT2D eigenvalue weighted by Gasteiger charge is -2.35. The van der Waals surface area contributed by atoms with Gasteiger partial charge in [-0.05, 0) is 49.4 Å². The second-order valence-corrected chi connectivity index (χ2v) is 7.93.